The van der Waals surface area contributed by atoms with Crippen LogP contribution in [0.1, 0.15) is 12.5 Å². The maximum atomic E-state index is 9.74. The molecular formula is C19H18N6O2. The van der Waals surface area contributed by atoms with E-state index < -0.39 is 0 Å². The summed E-state index contributed by atoms with van der Waals surface area (Å²) in [6, 6.07) is 13.0. The van der Waals surface area contributed by atoms with Crippen molar-refractivity contribution >= 4 is 34.2 Å². The summed E-state index contributed by atoms with van der Waals surface area (Å²) >= 11 is 0. The highest BCUT2D eigenvalue weighted by atomic mass is 16.5. The number of para-hydroxylation sites is 1. The summed E-state index contributed by atoms with van der Waals surface area (Å²) in [5.74, 6) is 0.806. The van der Waals surface area contributed by atoms with Crippen LogP contribution in [-0.2, 0) is 7.05 Å². The minimum atomic E-state index is 0.0933. The fraction of sp³-hybridized carbons (Fsp3) is 0.158. The van der Waals surface area contributed by atoms with E-state index in [9.17, 15) is 5.11 Å². The smallest absolute Gasteiger partial charge is 0.265 e. The second-order valence-electron chi connectivity index (χ2n) is 5.91. The van der Waals surface area contributed by atoms with Gasteiger partial charge in [-0.15, -0.1) is 10.2 Å². The van der Waals surface area contributed by atoms with Crippen LogP contribution in [-0.4, -0.2) is 37.7 Å². The van der Waals surface area contributed by atoms with E-state index in [4.69, 9.17) is 4.74 Å². The first kappa shape index (κ1) is 16.8. The number of rotatable bonds is 5. The number of nitrogens with one attached hydrogen (secondary N) is 1. The normalized spacial score (nSPS) is 11.5. The molecule has 0 atom stereocenters. The second-order valence-corrected chi connectivity index (χ2v) is 5.91. The Labute approximate surface area is 155 Å². The van der Waals surface area contributed by atoms with Gasteiger partial charge in [0, 0.05) is 12.4 Å². The Morgan fingerprint density at radius 2 is 2.07 bits per heavy atom. The van der Waals surface area contributed by atoms with Crippen molar-refractivity contribution in [2.45, 2.75) is 6.92 Å². The van der Waals surface area contributed by atoms with Crippen molar-refractivity contribution in [1.29, 1.82) is 0 Å². The van der Waals surface area contributed by atoms with Gasteiger partial charge in [0.1, 0.15) is 5.52 Å². The molecule has 0 amide bonds. The van der Waals surface area contributed by atoms with Crippen molar-refractivity contribution in [2.24, 2.45) is 12.1 Å². The van der Waals surface area contributed by atoms with Gasteiger partial charge >= 0.3 is 0 Å². The van der Waals surface area contributed by atoms with Crippen LogP contribution in [0.4, 0.5) is 5.95 Å². The van der Waals surface area contributed by atoms with Gasteiger partial charge in [0.05, 0.1) is 18.3 Å². The fourth-order valence-corrected chi connectivity index (χ4v) is 2.90. The number of aromatic nitrogens is 4. The lowest BCUT2D eigenvalue weighted by Gasteiger charge is -2.06. The van der Waals surface area contributed by atoms with Gasteiger partial charge in [-0.1, -0.05) is 18.2 Å². The Morgan fingerprint density at radius 3 is 2.93 bits per heavy atom. The average Bonchev–Trinajstić information content (AvgIpc) is 2.97. The van der Waals surface area contributed by atoms with Gasteiger partial charge in [0.25, 0.3) is 5.95 Å². The van der Waals surface area contributed by atoms with Crippen molar-refractivity contribution < 1.29 is 9.84 Å². The molecule has 0 radical (unpaired) electrons. The van der Waals surface area contributed by atoms with Crippen LogP contribution in [0.25, 0.3) is 22.1 Å². The molecule has 2 heterocycles. The monoisotopic (exact) mass is 362 g/mol. The second kappa shape index (κ2) is 6.91. The van der Waals surface area contributed by atoms with Crippen molar-refractivity contribution in [2.75, 3.05) is 12.0 Å². The molecule has 0 spiro atoms. The summed E-state index contributed by atoms with van der Waals surface area (Å²) in [6.07, 6.45) is 1.59. The molecule has 2 aromatic carbocycles. The van der Waals surface area contributed by atoms with Crippen molar-refractivity contribution in [3.63, 3.8) is 0 Å². The number of anilines is 1. The van der Waals surface area contributed by atoms with E-state index in [0.29, 0.717) is 18.3 Å². The third kappa shape index (κ3) is 3.12. The predicted octanol–water partition coefficient (Wildman–Crippen LogP) is 3.07. The molecule has 0 unspecified atom stereocenters. The standard InChI is InChI=1S/C19H18N6O2/c1-3-27-16-10-12(8-9-15(16)26)11-20-23-19-21-18-17(22-24-19)13-6-4-5-7-14(13)25(18)2/h4-11,26H,3H2,1-2H3,(H,21,23,24). The lowest BCUT2D eigenvalue weighted by Crippen LogP contribution is -2.01. The minimum Gasteiger partial charge on any atom is -0.504 e. The Kier molecular flexibility index (Phi) is 4.29. The molecule has 8 heteroatoms. The highest BCUT2D eigenvalue weighted by Gasteiger charge is 2.11. The SMILES string of the molecule is CCOc1cc(C=NNc2nnc3c4ccccc4n(C)c3n2)ccc1O. The van der Waals surface area contributed by atoms with E-state index >= 15 is 0 Å². The number of phenolic OH excluding ortho intramolecular Hbond substituents is 1. The number of ether oxygens (including phenoxy) is 1. The first-order valence-electron chi connectivity index (χ1n) is 8.50. The zero-order chi connectivity index (χ0) is 18.8. The van der Waals surface area contributed by atoms with E-state index in [-0.39, 0.29) is 5.75 Å². The van der Waals surface area contributed by atoms with E-state index in [2.05, 4.69) is 25.7 Å². The Bertz CT molecular complexity index is 1150. The number of hydrogen-bond acceptors (Lipinski definition) is 7. The summed E-state index contributed by atoms with van der Waals surface area (Å²) < 4.78 is 7.34. The average molecular weight is 362 g/mol. The van der Waals surface area contributed by atoms with Crippen LogP contribution in [0, 0.1) is 0 Å². The van der Waals surface area contributed by atoms with Gasteiger partial charge in [-0.2, -0.15) is 10.1 Å². The molecule has 0 aliphatic carbocycles. The third-order valence-electron chi connectivity index (χ3n) is 4.17. The molecule has 0 saturated carbocycles. The maximum Gasteiger partial charge on any atom is 0.265 e. The Morgan fingerprint density at radius 1 is 1.22 bits per heavy atom. The number of fused-ring (bicyclic) bond motifs is 3. The van der Waals surface area contributed by atoms with Gasteiger partial charge in [-0.3, -0.25) is 0 Å². The van der Waals surface area contributed by atoms with Gasteiger partial charge in [-0.05, 0) is 36.8 Å². The van der Waals surface area contributed by atoms with E-state index in [1.165, 1.54) is 0 Å². The molecule has 27 heavy (non-hydrogen) atoms. The van der Waals surface area contributed by atoms with Gasteiger partial charge in [0.15, 0.2) is 17.1 Å². The van der Waals surface area contributed by atoms with Crippen molar-refractivity contribution in [3.8, 4) is 11.5 Å². The molecule has 4 aromatic rings. The minimum absolute atomic E-state index is 0.0933. The largest absolute Gasteiger partial charge is 0.504 e. The molecule has 2 N–H and O–H groups in total. The van der Waals surface area contributed by atoms with E-state index in [0.717, 1.165) is 27.6 Å². The van der Waals surface area contributed by atoms with E-state index in [1.807, 2.05) is 42.8 Å². The van der Waals surface area contributed by atoms with Crippen LogP contribution < -0.4 is 10.2 Å². The number of phenols is 1. The fourth-order valence-electron chi connectivity index (χ4n) is 2.90. The summed E-state index contributed by atoms with van der Waals surface area (Å²) in [5, 5.41) is 23.3. The predicted molar refractivity (Wildman–Crippen MR) is 104 cm³/mol. The topological polar surface area (TPSA) is 97.5 Å². The zero-order valence-corrected chi connectivity index (χ0v) is 14.9. The highest BCUT2D eigenvalue weighted by Crippen LogP contribution is 2.26. The molecule has 4 rings (SSSR count). The molecule has 0 saturated heterocycles. The van der Waals surface area contributed by atoms with Gasteiger partial charge < -0.3 is 14.4 Å². The Balaban J connectivity index is 1.59. The molecule has 0 aliphatic heterocycles. The molecule has 136 valence electrons. The lowest BCUT2D eigenvalue weighted by molar-refractivity contribution is 0.318. The number of aryl methyl sites for hydroxylation is 1. The summed E-state index contributed by atoms with van der Waals surface area (Å²) in [6.45, 7) is 2.33. The van der Waals surface area contributed by atoms with Crippen LogP contribution in [0.2, 0.25) is 0 Å². The lowest BCUT2D eigenvalue weighted by atomic mass is 10.2. The number of hydrazone groups is 1. The molecule has 0 fully saturated rings. The number of nitrogens with zero attached hydrogens (tertiary/aromatic N) is 5. The van der Waals surface area contributed by atoms with Crippen LogP contribution in [0.3, 0.4) is 0 Å². The zero-order valence-electron chi connectivity index (χ0n) is 14.9. The molecule has 8 nitrogen and oxygen atoms in total. The quantitative estimate of drug-likeness (QED) is 0.418. The summed E-state index contributed by atoms with van der Waals surface area (Å²) in [4.78, 5) is 4.50. The number of hydrogen-bond donors (Lipinski definition) is 2. The first-order chi connectivity index (χ1) is 13.2. The van der Waals surface area contributed by atoms with Crippen LogP contribution in [0.15, 0.2) is 47.6 Å². The summed E-state index contributed by atoms with van der Waals surface area (Å²) in [7, 11) is 1.94. The van der Waals surface area contributed by atoms with Crippen LogP contribution in [0.5, 0.6) is 11.5 Å². The van der Waals surface area contributed by atoms with Crippen molar-refractivity contribution in [1.82, 2.24) is 19.7 Å². The number of benzene rings is 2. The maximum absolute atomic E-state index is 9.74. The Hall–Kier alpha value is -3.68. The third-order valence-corrected chi connectivity index (χ3v) is 4.17. The van der Waals surface area contributed by atoms with E-state index in [1.54, 1.807) is 24.4 Å². The van der Waals surface area contributed by atoms with Crippen molar-refractivity contribution in [3.05, 3.63) is 48.0 Å². The molecule has 2 aromatic heterocycles. The molecule has 0 bridgehead atoms. The number of aromatic hydroxyl groups is 1. The molecular weight excluding hydrogens is 344 g/mol. The first-order valence-corrected chi connectivity index (χ1v) is 8.50. The van der Waals surface area contributed by atoms with Gasteiger partial charge in [0.2, 0.25) is 0 Å². The van der Waals surface area contributed by atoms with Crippen LogP contribution >= 0.6 is 0 Å². The highest BCUT2D eigenvalue weighted by molar-refractivity contribution is 6.04. The molecule has 0 aliphatic rings. The summed E-state index contributed by atoms with van der Waals surface area (Å²) in [5.41, 5.74) is 6.08. The van der Waals surface area contributed by atoms with Gasteiger partial charge in [-0.25, -0.2) is 5.43 Å².